The highest BCUT2D eigenvalue weighted by atomic mass is 19.4. The van der Waals surface area contributed by atoms with Gasteiger partial charge in [0.1, 0.15) is 12.2 Å². The van der Waals surface area contributed by atoms with Crippen LogP contribution in [0.4, 0.5) is 13.2 Å². The monoisotopic (exact) mass is 218 g/mol. The van der Waals surface area contributed by atoms with Gasteiger partial charge in [0.15, 0.2) is 6.29 Å². The highest BCUT2D eigenvalue weighted by molar-refractivity contribution is 5.01. The van der Waals surface area contributed by atoms with E-state index in [-0.39, 0.29) is 0 Å². The molecule has 1 heterocycles. The SMILES string of the molecule is O[C@@H]1CO[C@@H](O)[C@@](O)(C(F)(F)F)[C@@H]1O. The van der Waals surface area contributed by atoms with Gasteiger partial charge in [0.2, 0.25) is 5.60 Å². The van der Waals surface area contributed by atoms with Crippen molar-refractivity contribution in [3.63, 3.8) is 0 Å². The Balaban J connectivity index is 3.02. The minimum absolute atomic E-state index is 0.680. The summed E-state index contributed by atoms with van der Waals surface area (Å²) >= 11 is 0. The molecular weight excluding hydrogens is 209 g/mol. The summed E-state index contributed by atoms with van der Waals surface area (Å²) in [6, 6.07) is 0. The van der Waals surface area contributed by atoms with Crippen molar-refractivity contribution in [1.29, 1.82) is 0 Å². The van der Waals surface area contributed by atoms with Gasteiger partial charge >= 0.3 is 6.18 Å². The molecular formula is C6H9F3O5. The fourth-order valence-corrected chi connectivity index (χ4v) is 1.16. The molecule has 0 spiro atoms. The lowest BCUT2D eigenvalue weighted by Crippen LogP contribution is -2.69. The molecule has 0 bridgehead atoms. The van der Waals surface area contributed by atoms with E-state index in [2.05, 4.69) is 4.74 Å². The van der Waals surface area contributed by atoms with Crippen LogP contribution in [0, 0.1) is 0 Å². The fraction of sp³-hybridized carbons (Fsp3) is 1.00. The lowest BCUT2D eigenvalue weighted by atomic mass is 9.89. The summed E-state index contributed by atoms with van der Waals surface area (Å²) in [6.45, 7) is -0.680. The third kappa shape index (κ3) is 1.48. The number of hydrogen-bond acceptors (Lipinski definition) is 5. The van der Waals surface area contributed by atoms with Crippen molar-refractivity contribution in [3.05, 3.63) is 0 Å². The summed E-state index contributed by atoms with van der Waals surface area (Å²) in [5.74, 6) is 0. The molecule has 0 aromatic rings. The Labute approximate surface area is 76.3 Å². The molecule has 1 saturated heterocycles. The van der Waals surface area contributed by atoms with Crippen LogP contribution in [0.15, 0.2) is 0 Å². The number of aliphatic hydroxyl groups excluding tert-OH is 3. The lowest BCUT2D eigenvalue weighted by Gasteiger charge is -2.43. The van der Waals surface area contributed by atoms with Crippen LogP contribution in [0.5, 0.6) is 0 Å². The van der Waals surface area contributed by atoms with E-state index >= 15 is 0 Å². The number of alkyl halides is 3. The van der Waals surface area contributed by atoms with Crippen molar-refractivity contribution in [2.75, 3.05) is 6.61 Å². The van der Waals surface area contributed by atoms with Crippen molar-refractivity contribution in [2.24, 2.45) is 0 Å². The minimum Gasteiger partial charge on any atom is -0.388 e. The number of rotatable bonds is 0. The van der Waals surface area contributed by atoms with Crippen LogP contribution in [-0.4, -0.2) is 57.3 Å². The van der Waals surface area contributed by atoms with Crippen LogP contribution in [0.25, 0.3) is 0 Å². The molecule has 84 valence electrons. The van der Waals surface area contributed by atoms with E-state index < -0.39 is 36.9 Å². The molecule has 0 aromatic carbocycles. The Kier molecular flexibility index (Phi) is 2.76. The molecule has 1 aliphatic rings. The quantitative estimate of drug-likeness (QED) is 0.391. The summed E-state index contributed by atoms with van der Waals surface area (Å²) in [5.41, 5.74) is -3.86. The van der Waals surface area contributed by atoms with Crippen LogP contribution in [0.1, 0.15) is 0 Å². The predicted octanol–water partition coefficient (Wildman–Crippen LogP) is -1.65. The van der Waals surface area contributed by atoms with Gasteiger partial charge in [-0.3, -0.25) is 0 Å². The summed E-state index contributed by atoms with van der Waals surface area (Å²) in [4.78, 5) is 0. The third-order valence-corrected chi connectivity index (χ3v) is 2.07. The van der Waals surface area contributed by atoms with Crippen LogP contribution >= 0.6 is 0 Å². The molecule has 4 atom stereocenters. The van der Waals surface area contributed by atoms with E-state index in [4.69, 9.17) is 20.4 Å². The Hall–Kier alpha value is -0.410. The van der Waals surface area contributed by atoms with Crippen molar-refractivity contribution in [2.45, 2.75) is 30.3 Å². The van der Waals surface area contributed by atoms with Gasteiger partial charge in [0, 0.05) is 0 Å². The van der Waals surface area contributed by atoms with Crippen LogP contribution in [-0.2, 0) is 4.74 Å². The largest absolute Gasteiger partial charge is 0.424 e. The maximum atomic E-state index is 12.2. The van der Waals surface area contributed by atoms with Gasteiger partial charge in [-0.1, -0.05) is 0 Å². The number of aliphatic hydroxyl groups is 4. The first-order valence-electron chi connectivity index (χ1n) is 3.66. The van der Waals surface area contributed by atoms with E-state index in [0.29, 0.717) is 0 Å². The van der Waals surface area contributed by atoms with Gasteiger partial charge in [-0.2, -0.15) is 13.2 Å². The van der Waals surface area contributed by atoms with E-state index in [1.807, 2.05) is 0 Å². The highest BCUT2D eigenvalue weighted by Crippen LogP contribution is 2.39. The smallest absolute Gasteiger partial charge is 0.388 e. The third-order valence-electron chi connectivity index (χ3n) is 2.07. The number of halogens is 3. The average Bonchev–Trinajstić information content (AvgIpc) is 2.06. The lowest BCUT2D eigenvalue weighted by molar-refractivity contribution is -0.390. The van der Waals surface area contributed by atoms with Crippen molar-refractivity contribution < 1.29 is 38.3 Å². The van der Waals surface area contributed by atoms with Gasteiger partial charge in [-0.25, -0.2) is 0 Å². The molecule has 0 aromatic heterocycles. The zero-order valence-electron chi connectivity index (χ0n) is 6.77. The van der Waals surface area contributed by atoms with Gasteiger partial charge in [-0.15, -0.1) is 0 Å². The maximum Gasteiger partial charge on any atom is 0.424 e. The normalized spacial score (nSPS) is 45.2. The van der Waals surface area contributed by atoms with E-state index in [9.17, 15) is 13.2 Å². The molecule has 1 rings (SSSR count). The van der Waals surface area contributed by atoms with E-state index in [0.717, 1.165) is 0 Å². The standard InChI is InChI=1S/C6H9F3O5/c7-6(8,9)5(13)3(11)2(10)1-14-4(5)12/h2-4,10-13H,1H2/t2-,3-,4-,5-/m1/s1. The topological polar surface area (TPSA) is 90.2 Å². The van der Waals surface area contributed by atoms with Gasteiger partial charge in [-0.05, 0) is 0 Å². The maximum absolute atomic E-state index is 12.2. The summed E-state index contributed by atoms with van der Waals surface area (Å²) in [6.07, 6.45) is -12.3. The Morgan fingerprint density at radius 1 is 1.21 bits per heavy atom. The Bertz CT molecular complexity index is 220. The number of ether oxygens (including phenoxy) is 1. The van der Waals surface area contributed by atoms with Gasteiger partial charge in [0.05, 0.1) is 6.61 Å². The second kappa shape index (κ2) is 3.31. The van der Waals surface area contributed by atoms with Gasteiger partial charge in [0.25, 0.3) is 0 Å². The van der Waals surface area contributed by atoms with Crippen molar-refractivity contribution >= 4 is 0 Å². The summed E-state index contributed by atoms with van der Waals surface area (Å²) < 4.78 is 40.8. The van der Waals surface area contributed by atoms with Crippen LogP contribution in [0.2, 0.25) is 0 Å². The zero-order valence-corrected chi connectivity index (χ0v) is 6.77. The number of hydrogen-bond donors (Lipinski definition) is 4. The first-order valence-corrected chi connectivity index (χ1v) is 3.66. The van der Waals surface area contributed by atoms with Gasteiger partial charge < -0.3 is 25.2 Å². The van der Waals surface area contributed by atoms with Crippen molar-refractivity contribution in [3.8, 4) is 0 Å². The molecule has 0 amide bonds. The zero-order chi connectivity index (χ0) is 11.1. The highest BCUT2D eigenvalue weighted by Gasteiger charge is 2.67. The first kappa shape index (κ1) is 11.7. The summed E-state index contributed by atoms with van der Waals surface area (Å²) in [5, 5.41) is 35.6. The minimum atomic E-state index is -5.30. The first-order chi connectivity index (χ1) is 6.21. The molecule has 1 fully saturated rings. The Morgan fingerprint density at radius 3 is 2.07 bits per heavy atom. The average molecular weight is 218 g/mol. The molecule has 0 saturated carbocycles. The molecule has 8 heteroatoms. The molecule has 0 aliphatic carbocycles. The molecule has 0 unspecified atom stereocenters. The second-order valence-electron chi connectivity index (χ2n) is 3.02. The fourth-order valence-electron chi connectivity index (χ4n) is 1.16. The summed E-state index contributed by atoms with van der Waals surface area (Å²) in [7, 11) is 0. The van der Waals surface area contributed by atoms with E-state index in [1.165, 1.54) is 0 Å². The molecule has 14 heavy (non-hydrogen) atoms. The molecule has 1 aliphatic heterocycles. The second-order valence-corrected chi connectivity index (χ2v) is 3.02. The molecule has 4 N–H and O–H groups in total. The van der Waals surface area contributed by atoms with Crippen LogP contribution in [0.3, 0.4) is 0 Å². The molecule has 5 nitrogen and oxygen atoms in total. The predicted molar refractivity (Wildman–Crippen MR) is 35.0 cm³/mol. The molecule has 0 radical (unpaired) electrons. The van der Waals surface area contributed by atoms with E-state index in [1.54, 1.807) is 0 Å². The van der Waals surface area contributed by atoms with Crippen LogP contribution < -0.4 is 0 Å². The van der Waals surface area contributed by atoms with Crippen molar-refractivity contribution in [1.82, 2.24) is 0 Å². The Morgan fingerprint density at radius 2 is 1.71 bits per heavy atom.